The van der Waals surface area contributed by atoms with Crippen molar-refractivity contribution in [3.63, 3.8) is 0 Å². The molecule has 0 spiro atoms. The van der Waals surface area contributed by atoms with E-state index in [1.165, 1.54) is 14.0 Å². The first-order valence-electron chi connectivity index (χ1n) is 8.06. The number of esters is 2. The van der Waals surface area contributed by atoms with E-state index >= 15 is 0 Å². The molecular weight excluding hydrogens is 286 g/mol. The first kappa shape index (κ1) is 18.5. The van der Waals surface area contributed by atoms with Crippen LogP contribution in [0.3, 0.4) is 0 Å². The van der Waals surface area contributed by atoms with Crippen LogP contribution >= 0.6 is 0 Å². The molecule has 126 valence electrons. The number of hydrogen-bond donors (Lipinski definition) is 1. The zero-order valence-corrected chi connectivity index (χ0v) is 13.6. The standard InChI is InChI=1S/C16H27NO5/c1-12(18)17-11-7-3-4-10-15(19)22-14-9-6-5-8-13(14)16(20)21-2/h13-14H,3-11H2,1-2H3,(H,17,18)/t13-,14+/m0/s1. The lowest BCUT2D eigenvalue weighted by atomic mass is 9.86. The predicted octanol–water partition coefficient (Wildman–Crippen LogP) is 1.96. The molecule has 1 fully saturated rings. The first-order chi connectivity index (χ1) is 10.5. The molecule has 1 rings (SSSR count). The van der Waals surface area contributed by atoms with E-state index in [2.05, 4.69) is 5.32 Å². The maximum absolute atomic E-state index is 11.9. The van der Waals surface area contributed by atoms with E-state index in [4.69, 9.17) is 9.47 Å². The monoisotopic (exact) mass is 313 g/mol. The maximum atomic E-state index is 11.9. The fraction of sp³-hybridized carbons (Fsp3) is 0.812. The number of nitrogens with one attached hydrogen (secondary N) is 1. The number of methoxy groups -OCH3 is 1. The van der Waals surface area contributed by atoms with Crippen LogP contribution in [0, 0.1) is 5.92 Å². The Hall–Kier alpha value is -1.59. The summed E-state index contributed by atoms with van der Waals surface area (Å²) in [5.41, 5.74) is 0. The summed E-state index contributed by atoms with van der Waals surface area (Å²) in [6.45, 7) is 2.12. The van der Waals surface area contributed by atoms with Gasteiger partial charge in [-0.05, 0) is 32.1 Å². The van der Waals surface area contributed by atoms with Gasteiger partial charge in [0.15, 0.2) is 0 Å². The highest BCUT2D eigenvalue weighted by atomic mass is 16.6. The highest BCUT2D eigenvalue weighted by Crippen LogP contribution is 2.28. The molecule has 2 atom stereocenters. The third-order valence-corrected chi connectivity index (χ3v) is 3.92. The summed E-state index contributed by atoms with van der Waals surface area (Å²) in [7, 11) is 1.37. The van der Waals surface area contributed by atoms with Crippen molar-refractivity contribution >= 4 is 17.8 Å². The van der Waals surface area contributed by atoms with Gasteiger partial charge in [-0.1, -0.05) is 12.8 Å². The summed E-state index contributed by atoms with van der Waals surface area (Å²) in [4.78, 5) is 34.3. The summed E-state index contributed by atoms with van der Waals surface area (Å²) in [6, 6.07) is 0. The summed E-state index contributed by atoms with van der Waals surface area (Å²) < 4.78 is 10.2. The Labute approximate surface area is 131 Å². The molecule has 1 aliphatic rings. The van der Waals surface area contributed by atoms with Crippen LogP contribution in [0.1, 0.15) is 58.3 Å². The number of amides is 1. The Balaban J connectivity index is 2.22. The Bertz CT molecular complexity index is 383. The van der Waals surface area contributed by atoms with Gasteiger partial charge in [0.25, 0.3) is 0 Å². The number of rotatable bonds is 8. The zero-order valence-electron chi connectivity index (χ0n) is 13.6. The smallest absolute Gasteiger partial charge is 0.312 e. The highest BCUT2D eigenvalue weighted by molar-refractivity contribution is 5.74. The van der Waals surface area contributed by atoms with Crippen molar-refractivity contribution < 1.29 is 23.9 Å². The average molecular weight is 313 g/mol. The molecule has 0 heterocycles. The fourth-order valence-corrected chi connectivity index (χ4v) is 2.72. The van der Waals surface area contributed by atoms with Gasteiger partial charge in [0, 0.05) is 19.9 Å². The molecule has 22 heavy (non-hydrogen) atoms. The number of carbonyl (C=O) groups is 3. The van der Waals surface area contributed by atoms with Crippen LogP contribution in [-0.2, 0) is 23.9 Å². The summed E-state index contributed by atoms with van der Waals surface area (Å²) in [6.07, 6.45) is 5.85. The van der Waals surface area contributed by atoms with Gasteiger partial charge in [-0.25, -0.2) is 0 Å². The van der Waals surface area contributed by atoms with Crippen LogP contribution in [-0.4, -0.2) is 37.6 Å². The van der Waals surface area contributed by atoms with Crippen molar-refractivity contribution in [1.82, 2.24) is 5.32 Å². The van der Waals surface area contributed by atoms with Gasteiger partial charge in [-0.15, -0.1) is 0 Å². The summed E-state index contributed by atoms with van der Waals surface area (Å²) in [5.74, 6) is -0.888. The molecule has 1 amide bonds. The molecular formula is C16H27NO5. The normalized spacial score (nSPS) is 21.0. The lowest BCUT2D eigenvalue weighted by molar-refractivity contribution is -0.163. The molecule has 0 radical (unpaired) electrons. The molecule has 0 aromatic heterocycles. The molecule has 0 saturated heterocycles. The Morgan fingerprint density at radius 2 is 1.82 bits per heavy atom. The quantitative estimate of drug-likeness (QED) is 0.547. The molecule has 6 heteroatoms. The third-order valence-electron chi connectivity index (χ3n) is 3.92. The molecule has 0 unspecified atom stereocenters. The van der Waals surface area contributed by atoms with E-state index in [9.17, 15) is 14.4 Å². The molecule has 1 saturated carbocycles. The van der Waals surface area contributed by atoms with Crippen LogP contribution in [0.2, 0.25) is 0 Å². The van der Waals surface area contributed by atoms with Crippen LogP contribution in [0.25, 0.3) is 0 Å². The predicted molar refractivity (Wildman–Crippen MR) is 81.0 cm³/mol. The van der Waals surface area contributed by atoms with Crippen LogP contribution in [0.15, 0.2) is 0 Å². The van der Waals surface area contributed by atoms with Gasteiger partial charge in [0.1, 0.15) is 6.10 Å². The summed E-state index contributed by atoms with van der Waals surface area (Å²) in [5, 5.41) is 2.72. The van der Waals surface area contributed by atoms with Gasteiger partial charge >= 0.3 is 11.9 Å². The fourth-order valence-electron chi connectivity index (χ4n) is 2.72. The Kier molecular flexibility index (Phi) is 8.55. The minimum absolute atomic E-state index is 0.0365. The van der Waals surface area contributed by atoms with Gasteiger partial charge in [-0.2, -0.15) is 0 Å². The van der Waals surface area contributed by atoms with Crippen molar-refractivity contribution in [2.45, 2.75) is 64.4 Å². The van der Waals surface area contributed by atoms with Gasteiger partial charge in [0.05, 0.1) is 13.0 Å². The van der Waals surface area contributed by atoms with Crippen molar-refractivity contribution in [2.75, 3.05) is 13.7 Å². The number of carbonyl (C=O) groups excluding carboxylic acids is 3. The van der Waals surface area contributed by atoms with E-state index in [1.54, 1.807) is 0 Å². The van der Waals surface area contributed by atoms with Crippen LogP contribution in [0.5, 0.6) is 0 Å². The summed E-state index contributed by atoms with van der Waals surface area (Å²) >= 11 is 0. The second kappa shape index (κ2) is 10.2. The van der Waals surface area contributed by atoms with Crippen molar-refractivity contribution in [2.24, 2.45) is 5.92 Å². The lowest BCUT2D eigenvalue weighted by Crippen LogP contribution is -2.35. The SMILES string of the molecule is COC(=O)[C@H]1CCCC[C@H]1OC(=O)CCCCCNC(C)=O. The largest absolute Gasteiger partial charge is 0.469 e. The third kappa shape index (κ3) is 6.91. The van der Waals surface area contributed by atoms with E-state index in [-0.39, 0.29) is 29.9 Å². The van der Waals surface area contributed by atoms with Gasteiger partial charge in [-0.3, -0.25) is 14.4 Å². The van der Waals surface area contributed by atoms with Crippen LogP contribution in [0.4, 0.5) is 0 Å². The molecule has 6 nitrogen and oxygen atoms in total. The van der Waals surface area contributed by atoms with Gasteiger partial charge in [0.2, 0.25) is 5.91 Å². The first-order valence-corrected chi connectivity index (χ1v) is 8.06. The number of hydrogen-bond acceptors (Lipinski definition) is 5. The molecule has 1 aliphatic carbocycles. The number of unbranched alkanes of at least 4 members (excludes halogenated alkanes) is 2. The van der Waals surface area contributed by atoms with E-state index in [0.717, 1.165) is 44.9 Å². The highest BCUT2D eigenvalue weighted by Gasteiger charge is 2.34. The zero-order chi connectivity index (χ0) is 16.4. The van der Waals surface area contributed by atoms with Crippen molar-refractivity contribution in [3.05, 3.63) is 0 Å². The Morgan fingerprint density at radius 3 is 2.50 bits per heavy atom. The Morgan fingerprint density at radius 1 is 1.09 bits per heavy atom. The van der Waals surface area contributed by atoms with E-state index in [0.29, 0.717) is 13.0 Å². The second-order valence-corrected chi connectivity index (χ2v) is 5.74. The van der Waals surface area contributed by atoms with E-state index in [1.807, 2.05) is 0 Å². The number of ether oxygens (including phenoxy) is 2. The average Bonchev–Trinajstić information content (AvgIpc) is 2.50. The van der Waals surface area contributed by atoms with Crippen LogP contribution < -0.4 is 5.32 Å². The van der Waals surface area contributed by atoms with Gasteiger partial charge < -0.3 is 14.8 Å². The molecule has 0 aromatic rings. The molecule has 0 bridgehead atoms. The molecule has 0 aromatic carbocycles. The maximum Gasteiger partial charge on any atom is 0.312 e. The minimum Gasteiger partial charge on any atom is -0.469 e. The van der Waals surface area contributed by atoms with E-state index < -0.39 is 0 Å². The second-order valence-electron chi connectivity index (χ2n) is 5.74. The molecule has 0 aliphatic heterocycles. The topological polar surface area (TPSA) is 81.7 Å². The molecule has 1 N–H and O–H groups in total. The van der Waals surface area contributed by atoms with Crippen molar-refractivity contribution in [3.8, 4) is 0 Å². The minimum atomic E-state index is -0.340. The lowest BCUT2D eigenvalue weighted by Gasteiger charge is -2.29. The van der Waals surface area contributed by atoms with Crippen molar-refractivity contribution in [1.29, 1.82) is 0 Å².